The van der Waals surface area contributed by atoms with Gasteiger partial charge in [-0.1, -0.05) is 19.1 Å². The first-order valence-corrected chi connectivity index (χ1v) is 7.91. The number of carbonyl (C=O) groups excluding carboxylic acids is 1. The largest absolute Gasteiger partial charge is 0.508 e. The second-order valence-electron chi connectivity index (χ2n) is 5.00. The fourth-order valence-corrected chi connectivity index (χ4v) is 3.73. The number of aromatic hydroxyl groups is 1. The van der Waals surface area contributed by atoms with Gasteiger partial charge in [0.05, 0.1) is 6.42 Å². The van der Waals surface area contributed by atoms with E-state index in [1.54, 1.807) is 18.2 Å². The number of hydrogen-bond donors (Lipinski definition) is 2. The number of phenols is 1. The first kappa shape index (κ1) is 14.3. The second-order valence-corrected chi connectivity index (χ2v) is 6.58. The van der Waals surface area contributed by atoms with Gasteiger partial charge in [-0.05, 0) is 42.7 Å². The van der Waals surface area contributed by atoms with Crippen molar-refractivity contribution in [3.05, 3.63) is 29.8 Å². The standard InChI is InChI=1S/C15H21NO2S/c1-2-19-14-7-6-12(10-14)16-15(18)9-11-4-3-5-13(17)8-11/h3-5,8,12,14,17H,2,6-7,9-10H2,1H3,(H,16,18)/t12-,14-/m1/s1. The van der Waals surface area contributed by atoms with E-state index in [0.717, 1.165) is 24.2 Å². The van der Waals surface area contributed by atoms with Crippen LogP contribution in [0, 0.1) is 0 Å². The topological polar surface area (TPSA) is 49.3 Å². The van der Waals surface area contributed by atoms with Gasteiger partial charge in [0.1, 0.15) is 5.75 Å². The van der Waals surface area contributed by atoms with Crippen LogP contribution in [0.25, 0.3) is 0 Å². The van der Waals surface area contributed by atoms with Crippen molar-refractivity contribution >= 4 is 17.7 Å². The number of hydrogen-bond acceptors (Lipinski definition) is 3. The zero-order valence-corrected chi connectivity index (χ0v) is 12.1. The van der Waals surface area contributed by atoms with Crippen molar-refractivity contribution in [1.29, 1.82) is 0 Å². The maximum atomic E-state index is 11.9. The molecule has 4 heteroatoms. The highest BCUT2D eigenvalue weighted by atomic mass is 32.2. The van der Waals surface area contributed by atoms with Crippen molar-refractivity contribution in [1.82, 2.24) is 5.32 Å². The summed E-state index contributed by atoms with van der Waals surface area (Å²) >= 11 is 1.99. The maximum Gasteiger partial charge on any atom is 0.224 e. The van der Waals surface area contributed by atoms with Crippen molar-refractivity contribution in [2.75, 3.05) is 5.75 Å². The molecule has 2 N–H and O–H groups in total. The van der Waals surface area contributed by atoms with Crippen LogP contribution in [0.5, 0.6) is 5.75 Å². The normalized spacial score (nSPS) is 22.4. The molecule has 2 atom stereocenters. The first-order chi connectivity index (χ1) is 9.17. The Labute approximate surface area is 118 Å². The van der Waals surface area contributed by atoms with E-state index in [9.17, 15) is 9.90 Å². The Bertz CT molecular complexity index is 436. The average Bonchev–Trinajstić information content (AvgIpc) is 2.77. The third-order valence-electron chi connectivity index (χ3n) is 3.43. The molecule has 104 valence electrons. The van der Waals surface area contributed by atoms with E-state index in [1.807, 2.05) is 17.8 Å². The number of benzene rings is 1. The summed E-state index contributed by atoms with van der Waals surface area (Å²) in [5, 5.41) is 13.2. The quantitative estimate of drug-likeness (QED) is 0.871. The molecule has 1 aliphatic rings. The molecule has 0 unspecified atom stereocenters. The predicted octanol–water partition coefficient (Wildman–Crippen LogP) is 2.73. The number of rotatable bonds is 5. The predicted molar refractivity (Wildman–Crippen MR) is 79.5 cm³/mol. The van der Waals surface area contributed by atoms with Gasteiger partial charge in [0.2, 0.25) is 5.91 Å². The van der Waals surface area contributed by atoms with Gasteiger partial charge < -0.3 is 10.4 Å². The molecule has 1 amide bonds. The van der Waals surface area contributed by atoms with Crippen molar-refractivity contribution in [2.24, 2.45) is 0 Å². The van der Waals surface area contributed by atoms with E-state index in [2.05, 4.69) is 12.2 Å². The first-order valence-electron chi connectivity index (χ1n) is 6.86. The van der Waals surface area contributed by atoms with Gasteiger partial charge in [0.25, 0.3) is 0 Å². The SMILES string of the molecule is CCS[C@@H]1CC[C@@H](NC(=O)Cc2cccc(O)c2)C1. The zero-order valence-electron chi connectivity index (χ0n) is 11.3. The molecular weight excluding hydrogens is 258 g/mol. The Morgan fingerprint density at radius 3 is 3.05 bits per heavy atom. The van der Waals surface area contributed by atoms with E-state index in [0.29, 0.717) is 17.7 Å². The Morgan fingerprint density at radius 1 is 1.47 bits per heavy atom. The van der Waals surface area contributed by atoms with Gasteiger partial charge >= 0.3 is 0 Å². The molecule has 0 spiro atoms. The minimum atomic E-state index is 0.0535. The van der Waals surface area contributed by atoms with Gasteiger partial charge in [0, 0.05) is 11.3 Å². The third kappa shape index (κ3) is 4.46. The summed E-state index contributed by atoms with van der Waals surface area (Å²) in [7, 11) is 0. The molecule has 0 aromatic heterocycles. The lowest BCUT2D eigenvalue weighted by molar-refractivity contribution is -0.121. The zero-order chi connectivity index (χ0) is 13.7. The molecule has 1 aromatic carbocycles. The van der Waals surface area contributed by atoms with Crippen LogP contribution >= 0.6 is 11.8 Å². The molecule has 1 aliphatic carbocycles. The molecule has 0 heterocycles. The summed E-state index contributed by atoms with van der Waals surface area (Å²) in [6.45, 7) is 2.18. The molecule has 0 aliphatic heterocycles. The van der Waals surface area contributed by atoms with Gasteiger partial charge in [-0.25, -0.2) is 0 Å². The van der Waals surface area contributed by atoms with Crippen LogP contribution in [0.15, 0.2) is 24.3 Å². The van der Waals surface area contributed by atoms with Crippen molar-refractivity contribution < 1.29 is 9.90 Å². The molecule has 19 heavy (non-hydrogen) atoms. The Hall–Kier alpha value is -1.16. The number of nitrogens with one attached hydrogen (secondary N) is 1. The smallest absolute Gasteiger partial charge is 0.224 e. The molecular formula is C15H21NO2S. The fraction of sp³-hybridized carbons (Fsp3) is 0.533. The number of phenolic OH excluding ortho intramolecular Hbond substituents is 1. The summed E-state index contributed by atoms with van der Waals surface area (Å²) < 4.78 is 0. The molecule has 2 rings (SSSR count). The van der Waals surface area contributed by atoms with Crippen LogP contribution in [-0.4, -0.2) is 28.1 Å². The van der Waals surface area contributed by atoms with Crippen molar-refractivity contribution in [2.45, 2.75) is 43.9 Å². The summed E-state index contributed by atoms with van der Waals surface area (Å²) in [4.78, 5) is 11.9. The lowest BCUT2D eigenvalue weighted by Crippen LogP contribution is -2.34. The van der Waals surface area contributed by atoms with Crippen LogP contribution < -0.4 is 5.32 Å². The van der Waals surface area contributed by atoms with Gasteiger partial charge in [-0.3, -0.25) is 4.79 Å². The van der Waals surface area contributed by atoms with Gasteiger partial charge in [-0.2, -0.15) is 11.8 Å². The minimum absolute atomic E-state index is 0.0535. The van der Waals surface area contributed by atoms with Gasteiger partial charge in [-0.15, -0.1) is 0 Å². The average molecular weight is 279 g/mol. The Kier molecular flexibility index (Phi) is 5.14. The minimum Gasteiger partial charge on any atom is -0.508 e. The lowest BCUT2D eigenvalue weighted by atomic mass is 10.1. The fourth-order valence-electron chi connectivity index (χ4n) is 2.59. The van der Waals surface area contributed by atoms with Crippen LogP contribution in [0.1, 0.15) is 31.7 Å². The number of carbonyl (C=O) groups is 1. The summed E-state index contributed by atoms with van der Waals surface area (Å²) in [5.74, 6) is 1.41. The molecule has 0 radical (unpaired) electrons. The molecule has 1 saturated carbocycles. The van der Waals surface area contributed by atoms with Crippen LogP contribution in [0.2, 0.25) is 0 Å². The van der Waals surface area contributed by atoms with Crippen LogP contribution in [0.4, 0.5) is 0 Å². The summed E-state index contributed by atoms with van der Waals surface area (Å²) in [6, 6.07) is 7.22. The van der Waals surface area contributed by atoms with E-state index in [1.165, 1.54) is 6.42 Å². The lowest BCUT2D eigenvalue weighted by Gasteiger charge is -2.13. The van der Waals surface area contributed by atoms with E-state index in [4.69, 9.17) is 0 Å². The number of amides is 1. The molecule has 0 bridgehead atoms. The highest BCUT2D eigenvalue weighted by molar-refractivity contribution is 7.99. The second kappa shape index (κ2) is 6.85. The van der Waals surface area contributed by atoms with E-state index >= 15 is 0 Å². The molecule has 1 fully saturated rings. The van der Waals surface area contributed by atoms with E-state index < -0.39 is 0 Å². The van der Waals surface area contributed by atoms with Gasteiger partial charge in [0.15, 0.2) is 0 Å². The summed E-state index contributed by atoms with van der Waals surface area (Å²) in [6.07, 6.45) is 3.72. The monoisotopic (exact) mass is 279 g/mol. The Morgan fingerprint density at radius 2 is 2.32 bits per heavy atom. The summed E-state index contributed by atoms with van der Waals surface area (Å²) in [5.41, 5.74) is 0.856. The molecule has 0 saturated heterocycles. The maximum absolute atomic E-state index is 11.9. The van der Waals surface area contributed by atoms with Crippen LogP contribution in [0.3, 0.4) is 0 Å². The van der Waals surface area contributed by atoms with Crippen molar-refractivity contribution in [3.63, 3.8) is 0 Å². The number of thioether (sulfide) groups is 1. The van der Waals surface area contributed by atoms with E-state index in [-0.39, 0.29) is 11.7 Å². The Balaban J connectivity index is 1.79. The highest BCUT2D eigenvalue weighted by Crippen LogP contribution is 2.29. The van der Waals surface area contributed by atoms with Crippen molar-refractivity contribution in [3.8, 4) is 5.75 Å². The molecule has 3 nitrogen and oxygen atoms in total. The molecule has 1 aromatic rings. The third-order valence-corrected chi connectivity index (χ3v) is 4.66. The van der Waals surface area contributed by atoms with Crippen LogP contribution in [-0.2, 0) is 11.2 Å². The highest BCUT2D eigenvalue weighted by Gasteiger charge is 2.25.